The third-order valence-electron chi connectivity index (χ3n) is 2.39. The maximum atomic E-state index is 13.4. The average Bonchev–Trinajstić information content (AvgIpc) is 2.29. The van der Waals surface area contributed by atoms with Gasteiger partial charge in [0.05, 0.1) is 10.6 Å². The van der Waals surface area contributed by atoms with Crippen LogP contribution in [0.1, 0.15) is 13.3 Å². The van der Waals surface area contributed by atoms with E-state index in [1.54, 1.807) is 6.92 Å². The van der Waals surface area contributed by atoms with Gasteiger partial charge in [0, 0.05) is 31.9 Å². The molecule has 0 heterocycles. The lowest BCUT2D eigenvalue weighted by Crippen LogP contribution is -2.18. The van der Waals surface area contributed by atoms with Gasteiger partial charge in [0.2, 0.25) is 5.82 Å². The summed E-state index contributed by atoms with van der Waals surface area (Å²) in [5.74, 6) is -2.05. The molecule has 0 aliphatic heterocycles. The van der Waals surface area contributed by atoms with Crippen LogP contribution in [0.2, 0.25) is 0 Å². The number of rotatable bonds is 6. The molecule has 1 aromatic rings. The Bertz CT molecular complexity index is 441. The summed E-state index contributed by atoms with van der Waals surface area (Å²) in [4.78, 5) is 9.65. The number of anilines is 1. The van der Waals surface area contributed by atoms with E-state index in [1.807, 2.05) is 0 Å². The second-order valence-corrected chi connectivity index (χ2v) is 3.87. The van der Waals surface area contributed by atoms with Gasteiger partial charge in [-0.2, -0.15) is 4.39 Å². The van der Waals surface area contributed by atoms with E-state index in [4.69, 9.17) is 4.74 Å². The molecule has 0 aliphatic rings. The first-order valence-corrected chi connectivity index (χ1v) is 5.34. The lowest BCUT2D eigenvalue weighted by molar-refractivity contribution is -0.387. The standard InChI is InChI=1S/C11H14F2N2O3/c1-7(3-4-18-2)14-10-6-11(15(16)17)9(13)5-8(10)12/h5-7,14H,3-4H2,1-2H3. The zero-order chi connectivity index (χ0) is 13.7. The van der Waals surface area contributed by atoms with E-state index in [1.165, 1.54) is 7.11 Å². The number of ether oxygens (including phenoxy) is 1. The predicted molar refractivity (Wildman–Crippen MR) is 62.6 cm³/mol. The Morgan fingerprint density at radius 3 is 2.67 bits per heavy atom. The number of hydrogen-bond acceptors (Lipinski definition) is 4. The molecule has 5 nitrogen and oxygen atoms in total. The van der Waals surface area contributed by atoms with Crippen molar-refractivity contribution >= 4 is 11.4 Å². The third kappa shape index (κ3) is 3.63. The van der Waals surface area contributed by atoms with Gasteiger partial charge in [-0.1, -0.05) is 0 Å². The summed E-state index contributed by atoms with van der Waals surface area (Å²) in [6.45, 7) is 2.24. The lowest BCUT2D eigenvalue weighted by Gasteiger charge is -2.15. The van der Waals surface area contributed by atoms with Crippen molar-refractivity contribution in [3.8, 4) is 0 Å². The van der Waals surface area contributed by atoms with Crippen LogP contribution < -0.4 is 5.32 Å². The minimum atomic E-state index is -1.19. The van der Waals surface area contributed by atoms with Crippen LogP contribution in [-0.4, -0.2) is 24.7 Å². The van der Waals surface area contributed by atoms with Gasteiger partial charge < -0.3 is 10.1 Å². The fourth-order valence-corrected chi connectivity index (χ4v) is 1.42. The first kappa shape index (κ1) is 14.3. The van der Waals surface area contributed by atoms with Gasteiger partial charge in [-0.15, -0.1) is 0 Å². The molecular weight excluding hydrogens is 246 g/mol. The van der Waals surface area contributed by atoms with Gasteiger partial charge >= 0.3 is 5.69 Å². The molecule has 1 rings (SSSR count). The van der Waals surface area contributed by atoms with Gasteiger partial charge in [-0.05, 0) is 13.3 Å². The van der Waals surface area contributed by atoms with E-state index in [2.05, 4.69) is 5.32 Å². The SMILES string of the molecule is COCCC(C)Nc1cc([N+](=O)[O-])c(F)cc1F. The van der Waals surface area contributed by atoms with Crippen molar-refractivity contribution in [1.82, 2.24) is 0 Å². The summed E-state index contributed by atoms with van der Waals surface area (Å²) in [7, 11) is 1.54. The summed E-state index contributed by atoms with van der Waals surface area (Å²) in [5, 5.41) is 13.3. The Labute approximate surface area is 103 Å². The Balaban J connectivity index is 2.88. The number of nitro benzene ring substituents is 1. The van der Waals surface area contributed by atoms with Crippen LogP contribution in [0.5, 0.6) is 0 Å². The lowest BCUT2D eigenvalue weighted by atomic mass is 10.2. The Hall–Kier alpha value is -1.76. The van der Waals surface area contributed by atoms with Crippen molar-refractivity contribution in [2.75, 3.05) is 19.0 Å². The minimum absolute atomic E-state index is 0.0910. The van der Waals surface area contributed by atoms with Gasteiger partial charge in [0.25, 0.3) is 0 Å². The highest BCUT2D eigenvalue weighted by molar-refractivity contribution is 5.53. The molecule has 1 aromatic carbocycles. The molecule has 0 aromatic heterocycles. The first-order valence-electron chi connectivity index (χ1n) is 5.34. The zero-order valence-corrected chi connectivity index (χ0v) is 10.1. The predicted octanol–water partition coefficient (Wildman–Crippen LogP) is 2.71. The van der Waals surface area contributed by atoms with Crippen molar-refractivity contribution in [2.45, 2.75) is 19.4 Å². The van der Waals surface area contributed by atoms with Crippen molar-refractivity contribution in [3.05, 3.63) is 33.9 Å². The van der Waals surface area contributed by atoms with E-state index in [0.29, 0.717) is 19.1 Å². The number of halogens is 2. The van der Waals surface area contributed by atoms with E-state index in [-0.39, 0.29) is 11.7 Å². The molecule has 0 aliphatic carbocycles. The number of nitro groups is 1. The molecule has 0 saturated carbocycles. The molecule has 0 radical (unpaired) electrons. The number of nitrogens with zero attached hydrogens (tertiary/aromatic N) is 1. The molecule has 0 fully saturated rings. The van der Waals surface area contributed by atoms with Crippen LogP contribution in [0.4, 0.5) is 20.2 Å². The zero-order valence-electron chi connectivity index (χ0n) is 10.1. The van der Waals surface area contributed by atoms with E-state index in [0.717, 1.165) is 6.07 Å². The van der Waals surface area contributed by atoms with E-state index >= 15 is 0 Å². The number of methoxy groups -OCH3 is 1. The Kier molecular flexibility index (Phi) is 4.96. The highest BCUT2D eigenvalue weighted by Crippen LogP contribution is 2.25. The molecule has 0 bridgehead atoms. The summed E-state index contributed by atoms with van der Waals surface area (Å²) >= 11 is 0. The Morgan fingerprint density at radius 2 is 2.11 bits per heavy atom. The van der Waals surface area contributed by atoms with Crippen molar-refractivity contribution in [2.24, 2.45) is 0 Å². The van der Waals surface area contributed by atoms with Crippen LogP contribution in [0.25, 0.3) is 0 Å². The van der Waals surface area contributed by atoms with E-state index < -0.39 is 22.2 Å². The molecule has 1 N–H and O–H groups in total. The van der Waals surface area contributed by atoms with Crippen molar-refractivity contribution < 1.29 is 18.4 Å². The fraction of sp³-hybridized carbons (Fsp3) is 0.455. The van der Waals surface area contributed by atoms with Gasteiger partial charge in [0.1, 0.15) is 5.82 Å². The Morgan fingerprint density at radius 1 is 1.44 bits per heavy atom. The summed E-state index contributed by atoms with van der Waals surface area (Å²) < 4.78 is 31.4. The fourth-order valence-electron chi connectivity index (χ4n) is 1.42. The largest absolute Gasteiger partial charge is 0.385 e. The minimum Gasteiger partial charge on any atom is -0.385 e. The first-order chi connectivity index (χ1) is 8.45. The second kappa shape index (κ2) is 6.25. The molecule has 7 heteroatoms. The smallest absolute Gasteiger partial charge is 0.307 e. The molecule has 1 unspecified atom stereocenters. The van der Waals surface area contributed by atoms with Crippen molar-refractivity contribution in [3.63, 3.8) is 0 Å². The van der Waals surface area contributed by atoms with E-state index in [9.17, 15) is 18.9 Å². The average molecular weight is 260 g/mol. The second-order valence-electron chi connectivity index (χ2n) is 3.87. The van der Waals surface area contributed by atoms with Gasteiger partial charge in [-0.25, -0.2) is 4.39 Å². The molecule has 0 amide bonds. The normalized spacial score (nSPS) is 12.2. The number of nitrogens with one attached hydrogen (secondary N) is 1. The highest BCUT2D eigenvalue weighted by Gasteiger charge is 2.19. The monoisotopic (exact) mass is 260 g/mol. The molecule has 100 valence electrons. The summed E-state index contributed by atoms with van der Waals surface area (Å²) in [5.41, 5.74) is -0.843. The third-order valence-corrected chi connectivity index (χ3v) is 2.39. The van der Waals surface area contributed by atoms with Crippen LogP contribution in [0.15, 0.2) is 12.1 Å². The summed E-state index contributed by atoms with van der Waals surface area (Å²) in [6.07, 6.45) is 0.598. The van der Waals surface area contributed by atoms with Gasteiger partial charge in [-0.3, -0.25) is 10.1 Å². The van der Waals surface area contributed by atoms with Crippen LogP contribution in [-0.2, 0) is 4.74 Å². The maximum Gasteiger partial charge on any atom is 0.307 e. The molecule has 18 heavy (non-hydrogen) atoms. The molecule has 0 saturated heterocycles. The quantitative estimate of drug-likeness (QED) is 0.631. The van der Waals surface area contributed by atoms with Crippen LogP contribution in [0.3, 0.4) is 0 Å². The van der Waals surface area contributed by atoms with Crippen molar-refractivity contribution in [1.29, 1.82) is 0 Å². The molecular formula is C11H14F2N2O3. The van der Waals surface area contributed by atoms with Crippen LogP contribution >= 0.6 is 0 Å². The summed E-state index contributed by atoms with van der Waals surface area (Å²) in [6, 6.07) is 1.21. The molecule has 1 atom stereocenters. The molecule has 0 spiro atoms. The maximum absolute atomic E-state index is 13.4. The van der Waals surface area contributed by atoms with Crippen LogP contribution in [0, 0.1) is 21.7 Å². The van der Waals surface area contributed by atoms with Gasteiger partial charge in [0.15, 0.2) is 0 Å². The topological polar surface area (TPSA) is 64.4 Å². The highest BCUT2D eigenvalue weighted by atomic mass is 19.1. The number of hydrogen-bond donors (Lipinski definition) is 1. The number of benzene rings is 1.